The Balaban J connectivity index is 1.64. The fourth-order valence-electron chi connectivity index (χ4n) is 4.29. The Kier molecular flexibility index (Phi) is 6.34. The number of piperazine rings is 1. The van der Waals surface area contributed by atoms with Crippen molar-refractivity contribution in [2.75, 3.05) is 29.9 Å². The highest BCUT2D eigenvalue weighted by atomic mass is 19.4. The molecule has 1 saturated carbocycles. The molecule has 1 aromatic heterocycles. The highest BCUT2D eigenvalue weighted by Crippen LogP contribution is 2.28. The fraction of sp³-hybridized carbons (Fsp3) is 0.737. The molecule has 5 nitrogen and oxygen atoms in total. The van der Waals surface area contributed by atoms with E-state index in [4.69, 9.17) is 5.73 Å². The van der Waals surface area contributed by atoms with Gasteiger partial charge < -0.3 is 16.0 Å². The van der Waals surface area contributed by atoms with Gasteiger partial charge in [0.25, 0.3) is 0 Å². The van der Waals surface area contributed by atoms with Crippen LogP contribution >= 0.6 is 0 Å². The first-order chi connectivity index (χ1) is 13.1. The molecule has 2 fully saturated rings. The molecule has 28 heavy (non-hydrogen) atoms. The van der Waals surface area contributed by atoms with Crippen LogP contribution in [0.4, 0.5) is 29.1 Å². The SMILES string of the molecule is CC1CN(c2ncc(NC3CCC(N)CC3)cc2F)CC(C)N1CC(F)(F)F. The maximum Gasteiger partial charge on any atom is 0.401 e. The first kappa shape index (κ1) is 21.1. The van der Waals surface area contributed by atoms with E-state index < -0.39 is 18.5 Å². The lowest BCUT2D eigenvalue weighted by Gasteiger charge is -2.45. The minimum absolute atomic E-state index is 0.196. The molecular formula is C19H29F4N5. The van der Waals surface area contributed by atoms with Gasteiger partial charge in [-0.05, 0) is 39.5 Å². The van der Waals surface area contributed by atoms with Gasteiger partial charge in [0.05, 0.1) is 18.4 Å². The number of hydrogen-bond donors (Lipinski definition) is 2. The van der Waals surface area contributed by atoms with Crippen LogP contribution in [0, 0.1) is 5.82 Å². The van der Waals surface area contributed by atoms with Gasteiger partial charge in [0.15, 0.2) is 11.6 Å². The van der Waals surface area contributed by atoms with E-state index in [1.165, 1.54) is 11.0 Å². The fourth-order valence-corrected chi connectivity index (χ4v) is 4.29. The topological polar surface area (TPSA) is 57.4 Å². The van der Waals surface area contributed by atoms with Gasteiger partial charge in [-0.15, -0.1) is 0 Å². The second-order valence-electron chi connectivity index (χ2n) is 8.18. The summed E-state index contributed by atoms with van der Waals surface area (Å²) in [4.78, 5) is 7.43. The van der Waals surface area contributed by atoms with Gasteiger partial charge >= 0.3 is 6.18 Å². The third-order valence-electron chi connectivity index (χ3n) is 5.73. The number of nitrogens with two attached hydrogens (primary N) is 1. The number of halogens is 4. The Morgan fingerprint density at radius 3 is 2.29 bits per heavy atom. The summed E-state index contributed by atoms with van der Waals surface area (Å²) >= 11 is 0. The Morgan fingerprint density at radius 2 is 1.75 bits per heavy atom. The van der Waals surface area contributed by atoms with Crippen molar-refractivity contribution in [2.24, 2.45) is 5.73 Å². The number of nitrogens with one attached hydrogen (secondary N) is 1. The minimum Gasteiger partial charge on any atom is -0.381 e. The zero-order chi connectivity index (χ0) is 20.5. The molecule has 9 heteroatoms. The van der Waals surface area contributed by atoms with Crippen LogP contribution in [0.25, 0.3) is 0 Å². The van der Waals surface area contributed by atoms with Gasteiger partial charge in [0.1, 0.15) is 0 Å². The van der Waals surface area contributed by atoms with E-state index in [0.717, 1.165) is 25.7 Å². The van der Waals surface area contributed by atoms with Crippen molar-refractivity contribution in [1.29, 1.82) is 0 Å². The quantitative estimate of drug-likeness (QED) is 0.755. The molecule has 3 N–H and O–H groups in total. The molecule has 158 valence electrons. The number of aromatic nitrogens is 1. The second kappa shape index (κ2) is 8.41. The van der Waals surface area contributed by atoms with Crippen LogP contribution in [0.3, 0.4) is 0 Å². The molecule has 0 amide bonds. The van der Waals surface area contributed by atoms with E-state index in [1.807, 2.05) is 0 Å². The zero-order valence-corrected chi connectivity index (χ0v) is 16.3. The number of nitrogens with zero attached hydrogens (tertiary/aromatic N) is 3. The van der Waals surface area contributed by atoms with E-state index in [2.05, 4.69) is 10.3 Å². The summed E-state index contributed by atoms with van der Waals surface area (Å²) in [5.74, 6) is -0.261. The van der Waals surface area contributed by atoms with Gasteiger partial charge in [-0.3, -0.25) is 4.90 Å². The molecule has 1 aliphatic heterocycles. The van der Waals surface area contributed by atoms with Crippen LogP contribution in [0.5, 0.6) is 0 Å². The lowest BCUT2D eigenvalue weighted by Crippen LogP contribution is -2.59. The van der Waals surface area contributed by atoms with Gasteiger partial charge in [-0.25, -0.2) is 9.37 Å². The lowest BCUT2D eigenvalue weighted by molar-refractivity contribution is -0.156. The van der Waals surface area contributed by atoms with Gasteiger partial charge in [0, 0.05) is 43.3 Å². The van der Waals surface area contributed by atoms with Crippen LogP contribution < -0.4 is 16.0 Å². The molecule has 2 atom stereocenters. The predicted octanol–water partition coefficient (Wildman–Crippen LogP) is 3.36. The summed E-state index contributed by atoms with van der Waals surface area (Å²) in [7, 11) is 0. The Hall–Kier alpha value is -1.61. The van der Waals surface area contributed by atoms with Crippen molar-refractivity contribution in [3.63, 3.8) is 0 Å². The van der Waals surface area contributed by atoms with E-state index in [1.54, 1.807) is 24.9 Å². The maximum absolute atomic E-state index is 14.7. The van der Waals surface area contributed by atoms with Crippen LogP contribution in [-0.2, 0) is 0 Å². The maximum atomic E-state index is 14.7. The van der Waals surface area contributed by atoms with Crippen LogP contribution in [0.2, 0.25) is 0 Å². The van der Waals surface area contributed by atoms with E-state index in [-0.39, 0.29) is 30.0 Å². The summed E-state index contributed by atoms with van der Waals surface area (Å²) in [6.07, 6.45) is 1.14. The van der Waals surface area contributed by atoms with Crippen LogP contribution in [0.15, 0.2) is 12.3 Å². The van der Waals surface area contributed by atoms with E-state index >= 15 is 0 Å². The molecule has 1 aliphatic carbocycles. The highest BCUT2D eigenvalue weighted by molar-refractivity contribution is 5.51. The Morgan fingerprint density at radius 1 is 1.14 bits per heavy atom. The monoisotopic (exact) mass is 403 g/mol. The number of rotatable bonds is 4. The van der Waals surface area contributed by atoms with Crippen molar-refractivity contribution in [1.82, 2.24) is 9.88 Å². The standard InChI is InChI=1S/C19H29F4N5/c1-12-9-27(10-13(2)28(12)11-19(21,22)23)18-17(20)7-16(8-25-18)26-15-5-3-14(24)4-6-15/h7-8,12-15,26H,3-6,9-11,24H2,1-2H3. The number of anilines is 2. The molecule has 0 spiro atoms. The van der Waals surface area contributed by atoms with Crippen molar-refractivity contribution in [2.45, 2.75) is 69.9 Å². The molecule has 0 aromatic carbocycles. The van der Waals surface area contributed by atoms with Crippen molar-refractivity contribution in [3.05, 3.63) is 18.1 Å². The molecule has 2 unspecified atom stereocenters. The average molecular weight is 403 g/mol. The molecule has 3 rings (SSSR count). The summed E-state index contributed by atoms with van der Waals surface area (Å²) in [6.45, 7) is 3.12. The number of pyridine rings is 1. The highest BCUT2D eigenvalue weighted by Gasteiger charge is 2.39. The van der Waals surface area contributed by atoms with E-state index in [9.17, 15) is 17.6 Å². The molecule has 1 aromatic rings. The zero-order valence-electron chi connectivity index (χ0n) is 16.3. The van der Waals surface area contributed by atoms with Crippen molar-refractivity contribution >= 4 is 11.5 Å². The number of alkyl halides is 3. The molecule has 0 bridgehead atoms. The summed E-state index contributed by atoms with van der Waals surface area (Å²) in [5, 5.41) is 3.31. The molecule has 2 heterocycles. The largest absolute Gasteiger partial charge is 0.401 e. The van der Waals surface area contributed by atoms with E-state index in [0.29, 0.717) is 18.8 Å². The minimum atomic E-state index is -4.25. The summed E-state index contributed by atoms with van der Waals surface area (Å²) < 4.78 is 53.1. The van der Waals surface area contributed by atoms with Crippen LogP contribution in [-0.4, -0.2) is 59.9 Å². The third-order valence-corrected chi connectivity index (χ3v) is 5.73. The lowest BCUT2D eigenvalue weighted by atomic mass is 9.92. The number of hydrogen-bond acceptors (Lipinski definition) is 5. The third kappa shape index (κ3) is 5.26. The van der Waals surface area contributed by atoms with Crippen molar-refractivity contribution < 1.29 is 17.6 Å². The first-order valence-corrected chi connectivity index (χ1v) is 9.87. The average Bonchev–Trinajstić information content (AvgIpc) is 2.59. The smallest absolute Gasteiger partial charge is 0.381 e. The summed E-state index contributed by atoms with van der Waals surface area (Å²) in [6, 6.07) is 1.23. The summed E-state index contributed by atoms with van der Waals surface area (Å²) in [5.41, 5.74) is 6.54. The van der Waals surface area contributed by atoms with Gasteiger partial charge in [-0.1, -0.05) is 0 Å². The second-order valence-corrected chi connectivity index (χ2v) is 8.18. The Labute approximate surface area is 163 Å². The van der Waals surface area contributed by atoms with Crippen LogP contribution in [0.1, 0.15) is 39.5 Å². The predicted molar refractivity (Wildman–Crippen MR) is 102 cm³/mol. The van der Waals surface area contributed by atoms with Gasteiger partial charge in [-0.2, -0.15) is 13.2 Å². The molecular weight excluding hydrogens is 374 g/mol. The molecule has 1 saturated heterocycles. The first-order valence-electron chi connectivity index (χ1n) is 9.87. The molecule has 2 aliphatic rings. The normalized spacial score (nSPS) is 29.8. The van der Waals surface area contributed by atoms with Gasteiger partial charge in [0.2, 0.25) is 0 Å². The Bertz CT molecular complexity index is 648. The van der Waals surface area contributed by atoms with Crippen molar-refractivity contribution in [3.8, 4) is 0 Å². The molecule has 0 radical (unpaired) electrons.